The van der Waals surface area contributed by atoms with E-state index in [1.54, 1.807) is 7.11 Å². The number of hydrogen-bond donors (Lipinski definition) is 1. The summed E-state index contributed by atoms with van der Waals surface area (Å²) in [5.41, 5.74) is 0. The Morgan fingerprint density at radius 3 is 2.93 bits per heavy atom. The average molecular weight is 211 g/mol. The number of nitrogens with zero attached hydrogens (tertiary/aromatic N) is 2. The predicted molar refractivity (Wildman–Crippen MR) is 61.0 cm³/mol. The van der Waals surface area contributed by atoms with Crippen LogP contribution in [0.2, 0.25) is 0 Å². The third-order valence-electron chi connectivity index (χ3n) is 2.42. The molecular formula is C11H21N3O. The van der Waals surface area contributed by atoms with Crippen LogP contribution in [0, 0.1) is 6.92 Å². The van der Waals surface area contributed by atoms with Gasteiger partial charge in [0.1, 0.15) is 5.82 Å². The van der Waals surface area contributed by atoms with Crippen LogP contribution in [0.1, 0.15) is 25.2 Å². The third kappa shape index (κ3) is 3.64. The highest BCUT2D eigenvalue weighted by Gasteiger charge is 2.11. The van der Waals surface area contributed by atoms with Crippen molar-refractivity contribution in [2.75, 3.05) is 26.8 Å². The van der Waals surface area contributed by atoms with Gasteiger partial charge in [-0.25, -0.2) is 4.98 Å². The van der Waals surface area contributed by atoms with Crippen LogP contribution in [0.4, 0.5) is 0 Å². The van der Waals surface area contributed by atoms with Gasteiger partial charge < -0.3 is 14.6 Å². The highest BCUT2D eigenvalue weighted by molar-refractivity contribution is 4.92. The number of ether oxygens (including phenoxy) is 1. The molecule has 4 heteroatoms. The maximum atomic E-state index is 5.22. The van der Waals surface area contributed by atoms with E-state index in [1.165, 1.54) is 0 Å². The first-order chi connectivity index (χ1) is 7.29. The van der Waals surface area contributed by atoms with Crippen LogP contribution in [0.5, 0.6) is 0 Å². The lowest BCUT2D eigenvalue weighted by Crippen LogP contribution is -2.29. The second-order valence-electron chi connectivity index (χ2n) is 3.70. The molecule has 0 aromatic carbocycles. The molecule has 0 saturated heterocycles. The first-order valence-corrected chi connectivity index (χ1v) is 5.48. The lowest BCUT2D eigenvalue weighted by molar-refractivity contribution is 0.153. The van der Waals surface area contributed by atoms with Gasteiger partial charge in [0, 0.05) is 26.0 Å². The van der Waals surface area contributed by atoms with Gasteiger partial charge in [0.15, 0.2) is 0 Å². The summed E-state index contributed by atoms with van der Waals surface area (Å²) in [6, 6.07) is 0.337. The molecule has 1 rings (SSSR count). The second-order valence-corrected chi connectivity index (χ2v) is 3.70. The predicted octanol–water partition coefficient (Wildman–Crippen LogP) is 1.38. The molecule has 0 fully saturated rings. The number of nitrogens with one attached hydrogen (secondary N) is 1. The maximum absolute atomic E-state index is 5.22. The Morgan fingerprint density at radius 2 is 2.40 bits per heavy atom. The molecule has 0 amide bonds. The van der Waals surface area contributed by atoms with Crippen LogP contribution in [-0.2, 0) is 4.74 Å². The first kappa shape index (κ1) is 12.2. The van der Waals surface area contributed by atoms with Crippen LogP contribution in [0.25, 0.3) is 0 Å². The van der Waals surface area contributed by atoms with Gasteiger partial charge in [0.25, 0.3) is 0 Å². The van der Waals surface area contributed by atoms with Crippen molar-refractivity contribution in [1.29, 1.82) is 0 Å². The molecule has 0 aliphatic carbocycles. The van der Waals surface area contributed by atoms with Crippen LogP contribution < -0.4 is 5.32 Å². The Hall–Kier alpha value is -0.870. The fourth-order valence-corrected chi connectivity index (χ4v) is 1.65. The molecule has 0 spiro atoms. The van der Waals surface area contributed by atoms with Crippen LogP contribution in [0.3, 0.4) is 0 Å². The molecule has 1 atom stereocenters. The van der Waals surface area contributed by atoms with Gasteiger partial charge in [-0.15, -0.1) is 0 Å². The van der Waals surface area contributed by atoms with Crippen molar-refractivity contribution in [1.82, 2.24) is 14.9 Å². The SMILES string of the molecule is CCCNCC(COC)n1ccnc1C. The van der Waals surface area contributed by atoms with E-state index >= 15 is 0 Å². The summed E-state index contributed by atoms with van der Waals surface area (Å²) in [5, 5.41) is 3.41. The number of rotatable bonds is 7. The molecule has 1 aromatic rings. The number of imidazole rings is 1. The topological polar surface area (TPSA) is 39.1 Å². The minimum atomic E-state index is 0.337. The Balaban J connectivity index is 2.53. The maximum Gasteiger partial charge on any atom is 0.105 e. The molecule has 1 heterocycles. The van der Waals surface area contributed by atoms with Gasteiger partial charge in [-0.05, 0) is 19.9 Å². The minimum absolute atomic E-state index is 0.337. The van der Waals surface area contributed by atoms with Gasteiger partial charge in [-0.2, -0.15) is 0 Å². The number of aryl methyl sites for hydroxylation is 1. The lowest BCUT2D eigenvalue weighted by Gasteiger charge is -2.19. The number of hydrogen-bond acceptors (Lipinski definition) is 3. The Bertz CT molecular complexity index is 273. The summed E-state index contributed by atoms with van der Waals surface area (Å²) in [5.74, 6) is 1.04. The number of aromatic nitrogens is 2. The zero-order chi connectivity index (χ0) is 11.1. The zero-order valence-electron chi connectivity index (χ0n) is 9.86. The summed E-state index contributed by atoms with van der Waals surface area (Å²) in [7, 11) is 1.74. The van der Waals surface area contributed by atoms with Crippen molar-refractivity contribution in [3.63, 3.8) is 0 Å². The molecule has 86 valence electrons. The van der Waals surface area contributed by atoms with E-state index in [4.69, 9.17) is 4.74 Å². The molecule has 1 N–H and O–H groups in total. The smallest absolute Gasteiger partial charge is 0.105 e. The molecular weight excluding hydrogens is 190 g/mol. The molecule has 0 radical (unpaired) electrons. The molecule has 4 nitrogen and oxygen atoms in total. The zero-order valence-corrected chi connectivity index (χ0v) is 9.86. The lowest BCUT2D eigenvalue weighted by atomic mass is 10.3. The molecule has 0 bridgehead atoms. The van der Waals surface area contributed by atoms with Gasteiger partial charge in [0.2, 0.25) is 0 Å². The number of methoxy groups -OCH3 is 1. The minimum Gasteiger partial charge on any atom is -0.382 e. The highest BCUT2D eigenvalue weighted by Crippen LogP contribution is 2.08. The fraction of sp³-hybridized carbons (Fsp3) is 0.727. The van der Waals surface area contributed by atoms with Crippen LogP contribution in [-0.4, -0.2) is 36.4 Å². The third-order valence-corrected chi connectivity index (χ3v) is 2.42. The summed E-state index contributed by atoms with van der Waals surface area (Å²) in [4.78, 5) is 4.23. The fourth-order valence-electron chi connectivity index (χ4n) is 1.65. The highest BCUT2D eigenvalue weighted by atomic mass is 16.5. The van der Waals surface area contributed by atoms with Crippen LogP contribution in [0.15, 0.2) is 12.4 Å². The summed E-state index contributed by atoms with van der Waals surface area (Å²) >= 11 is 0. The Morgan fingerprint density at radius 1 is 1.60 bits per heavy atom. The van der Waals surface area contributed by atoms with Crippen molar-refractivity contribution >= 4 is 0 Å². The van der Waals surface area contributed by atoms with E-state index < -0.39 is 0 Å². The molecule has 1 unspecified atom stereocenters. The van der Waals surface area contributed by atoms with Gasteiger partial charge in [-0.1, -0.05) is 6.92 Å². The normalized spacial score (nSPS) is 13.0. The van der Waals surface area contributed by atoms with E-state index in [9.17, 15) is 0 Å². The summed E-state index contributed by atoms with van der Waals surface area (Å²) in [6.45, 7) is 6.88. The monoisotopic (exact) mass is 211 g/mol. The molecule has 0 aliphatic rings. The molecule has 0 saturated carbocycles. The Kier molecular flexibility index (Phi) is 5.36. The van der Waals surface area contributed by atoms with Gasteiger partial charge >= 0.3 is 0 Å². The summed E-state index contributed by atoms with van der Waals surface area (Å²) in [6.07, 6.45) is 4.99. The van der Waals surface area contributed by atoms with Crippen molar-refractivity contribution in [3.8, 4) is 0 Å². The molecule has 1 aromatic heterocycles. The molecule has 0 aliphatic heterocycles. The second kappa shape index (κ2) is 6.58. The van der Waals surface area contributed by atoms with Crippen molar-refractivity contribution in [3.05, 3.63) is 18.2 Å². The van der Waals surface area contributed by atoms with Gasteiger partial charge in [-0.3, -0.25) is 0 Å². The van der Waals surface area contributed by atoms with E-state index in [0.29, 0.717) is 12.6 Å². The van der Waals surface area contributed by atoms with Crippen molar-refractivity contribution in [2.24, 2.45) is 0 Å². The first-order valence-electron chi connectivity index (χ1n) is 5.48. The van der Waals surface area contributed by atoms with Gasteiger partial charge in [0.05, 0.1) is 12.6 Å². The quantitative estimate of drug-likeness (QED) is 0.692. The average Bonchev–Trinajstić information content (AvgIpc) is 2.64. The Labute approximate surface area is 91.7 Å². The van der Waals surface area contributed by atoms with E-state index in [-0.39, 0.29) is 0 Å². The van der Waals surface area contributed by atoms with Crippen molar-refractivity contribution in [2.45, 2.75) is 26.3 Å². The van der Waals surface area contributed by atoms with E-state index in [1.807, 2.05) is 19.3 Å². The standard InChI is InChI=1S/C11H21N3O/c1-4-5-12-8-11(9-15-3)14-7-6-13-10(14)2/h6-7,11-12H,4-5,8-9H2,1-3H3. The largest absolute Gasteiger partial charge is 0.382 e. The van der Waals surface area contributed by atoms with E-state index in [0.717, 1.165) is 25.3 Å². The van der Waals surface area contributed by atoms with Crippen LogP contribution >= 0.6 is 0 Å². The molecule has 15 heavy (non-hydrogen) atoms. The van der Waals surface area contributed by atoms with E-state index in [2.05, 4.69) is 21.8 Å². The van der Waals surface area contributed by atoms with Crippen molar-refractivity contribution < 1.29 is 4.74 Å². The summed E-state index contributed by atoms with van der Waals surface area (Å²) < 4.78 is 7.38.